The number of esters is 1. The number of anilines is 1. The smallest absolute Gasteiger partial charge is 0.441 e. The van der Waals surface area contributed by atoms with Crippen molar-refractivity contribution in [2.24, 2.45) is 5.73 Å². The number of aryl methyl sites for hydroxylation is 1. The van der Waals surface area contributed by atoms with Crippen LogP contribution >= 0.6 is 11.3 Å². The van der Waals surface area contributed by atoms with E-state index in [2.05, 4.69) is 5.32 Å². The lowest BCUT2D eigenvalue weighted by Crippen LogP contribution is -2.69. The molecular formula is C22H24F3N3O5S. The van der Waals surface area contributed by atoms with Gasteiger partial charge in [0.25, 0.3) is 11.8 Å². The van der Waals surface area contributed by atoms with Crippen LogP contribution in [0.1, 0.15) is 50.9 Å². The van der Waals surface area contributed by atoms with E-state index >= 15 is 0 Å². The van der Waals surface area contributed by atoms with Crippen LogP contribution in [0.25, 0.3) is 0 Å². The Labute approximate surface area is 197 Å². The van der Waals surface area contributed by atoms with E-state index in [1.165, 1.54) is 38.3 Å². The lowest BCUT2D eigenvalue weighted by Gasteiger charge is -2.35. The third-order valence-electron chi connectivity index (χ3n) is 5.38. The fraction of sp³-hybridized carbons (Fsp3) is 0.409. The zero-order chi connectivity index (χ0) is 25.1. The maximum atomic E-state index is 14.5. The molecule has 184 valence electrons. The van der Waals surface area contributed by atoms with Gasteiger partial charge in [0.1, 0.15) is 10.8 Å². The van der Waals surface area contributed by atoms with Gasteiger partial charge in [0.15, 0.2) is 0 Å². The first-order valence-corrected chi connectivity index (χ1v) is 11.3. The van der Waals surface area contributed by atoms with Crippen molar-refractivity contribution in [3.8, 4) is 5.75 Å². The van der Waals surface area contributed by atoms with Gasteiger partial charge in [0.2, 0.25) is 0 Å². The molecule has 2 amide bonds. The van der Waals surface area contributed by atoms with E-state index in [9.17, 15) is 27.6 Å². The summed E-state index contributed by atoms with van der Waals surface area (Å²) in [5.41, 5.74) is 2.12. The van der Waals surface area contributed by atoms with Crippen molar-refractivity contribution in [1.29, 1.82) is 0 Å². The van der Waals surface area contributed by atoms with Crippen molar-refractivity contribution in [2.75, 3.05) is 19.0 Å². The number of nitrogens with two attached hydrogens (primary N) is 1. The van der Waals surface area contributed by atoms with Crippen molar-refractivity contribution >= 4 is 34.1 Å². The summed E-state index contributed by atoms with van der Waals surface area (Å²) < 4.78 is 53.3. The lowest BCUT2D eigenvalue weighted by atomic mass is 9.95. The SMILES string of the molecule is CCOC(=O)C(NC(=O)c1ccc(OC)cc1)(Nc1sc2c(c1C(N)=O)CCCC2)C(F)(F)F. The summed E-state index contributed by atoms with van der Waals surface area (Å²) in [5, 5.41) is 3.63. The average Bonchev–Trinajstić information content (AvgIpc) is 3.16. The number of hydrogen-bond acceptors (Lipinski definition) is 7. The number of nitrogens with one attached hydrogen (secondary N) is 2. The molecule has 0 saturated heterocycles. The first-order chi connectivity index (χ1) is 16.0. The molecule has 12 heteroatoms. The number of carbonyl (C=O) groups is 3. The molecule has 0 saturated carbocycles. The van der Waals surface area contributed by atoms with Crippen LogP contribution in [0.15, 0.2) is 24.3 Å². The number of alkyl halides is 3. The molecule has 4 N–H and O–H groups in total. The number of rotatable bonds is 8. The van der Waals surface area contributed by atoms with Gasteiger partial charge in [-0.1, -0.05) is 0 Å². The Morgan fingerprint density at radius 1 is 1.12 bits per heavy atom. The van der Waals surface area contributed by atoms with Crippen molar-refractivity contribution in [1.82, 2.24) is 5.32 Å². The number of primary amides is 1. The Hall–Kier alpha value is -3.28. The highest BCUT2D eigenvalue weighted by Gasteiger charge is 2.64. The quantitative estimate of drug-likeness (QED) is 0.378. The van der Waals surface area contributed by atoms with Crippen molar-refractivity contribution in [3.05, 3.63) is 45.8 Å². The van der Waals surface area contributed by atoms with Crippen LogP contribution in [0.5, 0.6) is 5.75 Å². The zero-order valence-corrected chi connectivity index (χ0v) is 19.3. The van der Waals surface area contributed by atoms with Crippen LogP contribution in [0.2, 0.25) is 0 Å². The Kier molecular flexibility index (Phi) is 7.39. The Balaban J connectivity index is 2.10. The van der Waals surface area contributed by atoms with Crippen LogP contribution in [0.3, 0.4) is 0 Å². The Bertz CT molecular complexity index is 1080. The third kappa shape index (κ3) is 4.81. The fourth-order valence-electron chi connectivity index (χ4n) is 3.70. The number of amides is 2. The van der Waals surface area contributed by atoms with E-state index in [-0.39, 0.29) is 22.7 Å². The molecule has 1 heterocycles. The summed E-state index contributed by atoms with van der Waals surface area (Å²) >= 11 is 0.909. The van der Waals surface area contributed by atoms with Gasteiger partial charge >= 0.3 is 17.8 Å². The Morgan fingerprint density at radius 3 is 2.32 bits per heavy atom. The predicted molar refractivity (Wildman–Crippen MR) is 119 cm³/mol. The summed E-state index contributed by atoms with van der Waals surface area (Å²) in [6.07, 6.45) is -2.75. The number of halogens is 3. The standard InChI is InChI=1S/C22H24F3N3O5S/c1-3-33-20(31)21(22(23,24)25,27-18(30)12-8-10-13(32-2)11-9-12)28-19-16(17(26)29)14-6-4-5-7-15(14)34-19/h8-11,28H,3-7H2,1-2H3,(H2,26,29)(H,27,30). The first kappa shape index (κ1) is 25.3. The molecule has 8 nitrogen and oxygen atoms in total. The van der Waals surface area contributed by atoms with Gasteiger partial charge in [0.05, 0.1) is 19.3 Å². The molecule has 1 aliphatic carbocycles. The summed E-state index contributed by atoms with van der Waals surface area (Å²) in [6, 6.07) is 5.28. The summed E-state index contributed by atoms with van der Waals surface area (Å²) in [4.78, 5) is 38.5. The van der Waals surface area contributed by atoms with E-state index in [1.807, 2.05) is 0 Å². The van der Waals surface area contributed by atoms with Gasteiger partial charge in [-0.05, 0) is 62.4 Å². The van der Waals surface area contributed by atoms with Gasteiger partial charge in [-0.15, -0.1) is 11.3 Å². The van der Waals surface area contributed by atoms with Crippen LogP contribution in [0.4, 0.5) is 18.2 Å². The molecule has 2 aromatic rings. The van der Waals surface area contributed by atoms with E-state index in [0.717, 1.165) is 24.2 Å². The monoisotopic (exact) mass is 499 g/mol. The van der Waals surface area contributed by atoms with E-state index < -0.39 is 29.6 Å². The second-order valence-corrected chi connectivity index (χ2v) is 8.66. The molecule has 0 radical (unpaired) electrons. The number of methoxy groups -OCH3 is 1. The summed E-state index contributed by atoms with van der Waals surface area (Å²) in [5.74, 6) is -3.51. The number of carbonyl (C=O) groups excluding carboxylic acids is 3. The molecule has 1 aromatic heterocycles. The molecular weight excluding hydrogens is 475 g/mol. The van der Waals surface area contributed by atoms with E-state index in [4.69, 9.17) is 15.2 Å². The van der Waals surface area contributed by atoms with Gasteiger partial charge in [0, 0.05) is 10.4 Å². The highest BCUT2D eigenvalue weighted by atomic mass is 32.1. The van der Waals surface area contributed by atoms with Gasteiger partial charge < -0.3 is 25.8 Å². The number of hydrogen-bond donors (Lipinski definition) is 3. The lowest BCUT2D eigenvalue weighted by molar-refractivity contribution is -0.204. The van der Waals surface area contributed by atoms with Crippen molar-refractivity contribution in [3.63, 3.8) is 0 Å². The van der Waals surface area contributed by atoms with Crippen LogP contribution in [0, 0.1) is 0 Å². The number of fused-ring (bicyclic) bond motifs is 1. The normalized spacial score (nSPS) is 15.0. The largest absolute Gasteiger partial charge is 0.497 e. The summed E-state index contributed by atoms with van der Waals surface area (Å²) in [6.45, 7) is 0.962. The predicted octanol–water partition coefficient (Wildman–Crippen LogP) is 3.40. The van der Waals surface area contributed by atoms with Crippen molar-refractivity contribution < 1.29 is 37.0 Å². The van der Waals surface area contributed by atoms with Crippen molar-refractivity contribution in [2.45, 2.75) is 44.4 Å². The van der Waals surface area contributed by atoms with E-state index in [0.29, 0.717) is 29.0 Å². The maximum absolute atomic E-state index is 14.5. The minimum Gasteiger partial charge on any atom is -0.497 e. The minimum atomic E-state index is -5.35. The van der Waals surface area contributed by atoms with Gasteiger partial charge in [-0.3, -0.25) is 9.59 Å². The molecule has 0 aliphatic heterocycles. The second-order valence-electron chi connectivity index (χ2n) is 7.56. The molecule has 1 atom stereocenters. The van der Waals surface area contributed by atoms with Crippen LogP contribution in [-0.4, -0.2) is 43.3 Å². The molecule has 0 spiro atoms. The average molecular weight is 500 g/mol. The molecule has 0 bridgehead atoms. The van der Waals surface area contributed by atoms with Crippen LogP contribution < -0.4 is 21.1 Å². The second kappa shape index (κ2) is 9.92. The van der Waals surface area contributed by atoms with Gasteiger partial charge in [-0.25, -0.2) is 4.79 Å². The molecule has 3 rings (SSSR count). The van der Waals surface area contributed by atoms with Crippen LogP contribution in [-0.2, 0) is 22.4 Å². The first-order valence-electron chi connectivity index (χ1n) is 10.5. The number of thiophene rings is 1. The summed E-state index contributed by atoms with van der Waals surface area (Å²) in [7, 11) is 1.39. The molecule has 1 unspecified atom stereocenters. The minimum absolute atomic E-state index is 0.115. The Morgan fingerprint density at radius 2 is 1.76 bits per heavy atom. The number of ether oxygens (including phenoxy) is 2. The molecule has 1 aromatic carbocycles. The highest BCUT2D eigenvalue weighted by Crippen LogP contribution is 2.42. The molecule has 34 heavy (non-hydrogen) atoms. The molecule has 0 fully saturated rings. The fourth-order valence-corrected chi connectivity index (χ4v) is 5.05. The topological polar surface area (TPSA) is 120 Å². The number of benzene rings is 1. The zero-order valence-electron chi connectivity index (χ0n) is 18.5. The third-order valence-corrected chi connectivity index (χ3v) is 6.59. The molecule has 1 aliphatic rings. The highest BCUT2D eigenvalue weighted by molar-refractivity contribution is 7.16. The van der Waals surface area contributed by atoms with E-state index in [1.54, 1.807) is 5.32 Å². The maximum Gasteiger partial charge on any atom is 0.441 e. The van der Waals surface area contributed by atoms with Gasteiger partial charge in [-0.2, -0.15) is 13.2 Å².